The molecule has 0 saturated heterocycles. The molecule has 2 aromatic rings. The fraction of sp³-hybridized carbons (Fsp3) is 0.250. The first-order chi connectivity index (χ1) is 5.79. The highest BCUT2D eigenvalue weighted by Crippen LogP contribution is 2.15. The molecular weight excluding hydrogens is 154 g/mol. The Labute approximate surface area is 69.4 Å². The van der Waals surface area contributed by atoms with Gasteiger partial charge in [0.25, 0.3) is 0 Å². The molecule has 0 bridgehead atoms. The molecule has 0 aliphatic rings. The van der Waals surface area contributed by atoms with Gasteiger partial charge in [-0.1, -0.05) is 0 Å². The lowest BCUT2D eigenvalue weighted by atomic mass is 10.3. The normalized spacial score (nSPS) is 10.8. The zero-order chi connectivity index (χ0) is 8.55. The standard InChI is InChI=1S/C8H9N3O/c1-2-11-9-7-4-3-6(12)5-8(7)10-11/h3-5,12H,2H2,1H3. The predicted molar refractivity (Wildman–Crippen MR) is 44.9 cm³/mol. The van der Waals surface area contributed by atoms with Crippen LogP contribution in [-0.2, 0) is 6.54 Å². The van der Waals surface area contributed by atoms with Crippen LogP contribution in [0.3, 0.4) is 0 Å². The molecule has 0 aliphatic carbocycles. The number of rotatable bonds is 1. The van der Waals surface area contributed by atoms with Gasteiger partial charge in [0.2, 0.25) is 0 Å². The molecule has 4 nitrogen and oxygen atoms in total. The molecule has 12 heavy (non-hydrogen) atoms. The number of aromatic hydroxyl groups is 1. The molecule has 1 N–H and O–H groups in total. The van der Waals surface area contributed by atoms with E-state index in [9.17, 15) is 0 Å². The monoisotopic (exact) mass is 163 g/mol. The van der Waals surface area contributed by atoms with E-state index >= 15 is 0 Å². The largest absolute Gasteiger partial charge is 0.508 e. The fourth-order valence-corrected chi connectivity index (χ4v) is 1.09. The lowest BCUT2D eigenvalue weighted by Gasteiger charge is -1.86. The molecule has 1 aromatic heterocycles. The quantitative estimate of drug-likeness (QED) is 0.686. The third-order valence-corrected chi connectivity index (χ3v) is 1.69. The molecule has 2 rings (SSSR count). The van der Waals surface area contributed by atoms with Crippen LogP contribution in [0.4, 0.5) is 0 Å². The van der Waals surface area contributed by atoms with E-state index in [1.54, 1.807) is 23.0 Å². The van der Waals surface area contributed by atoms with Gasteiger partial charge in [-0.2, -0.15) is 15.0 Å². The average molecular weight is 163 g/mol. The van der Waals surface area contributed by atoms with Gasteiger partial charge in [-0.15, -0.1) is 0 Å². The van der Waals surface area contributed by atoms with E-state index in [0.29, 0.717) is 0 Å². The van der Waals surface area contributed by atoms with Crippen LogP contribution in [0.25, 0.3) is 11.0 Å². The summed E-state index contributed by atoms with van der Waals surface area (Å²) in [6.45, 7) is 2.72. The van der Waals surface area contributed by atoms with Crippen LogP contribution in [-0.4, -0.2) is 20.1 Å². The molecule has 0 fully saturated rings. The maximum Gasteiger partial charge on any atom is 0.117 e. The second kappa shape index (κ2) is 2.48. The summed E-state index contributed by atoms with van der Waals surface area (Å²) in [6, 6.07) is 4.97. The molecule has 0 aliphatic heterocycles. The van der Waals surface area contributed by atoms with Gasteiger partial charge in [0, 0.05) is 6.07 Å². The van der Waals surface area contributed by atoms with Crippen LogP contribution in [0, 0.1) is 0 Å². The zero-order valence-electron chi connectivity index (χ0n) is 6.73. The summed E-state index contributed by atoms with van der Waals surface area (Å²) in [6.07, 6.45) is 0. The maximum absolute atomic E-state index is 9.14. The Morgan fingerprint density at radius 3 is 2.83 bits per heavy atom. The smallest absolute Gasteiger partial charge is 0.117 e. The van der Waals surface area contributed by atoms with Gasteiger partial charge in [0.05, 0.1) is 6.54 Å². The van der Waals surface area contributed by atoms with E-state index in [2.05, 4.69) is 10.2 Å². The van der Waals surface area contributed by atoms with Gasteiger partial charge in [-0.05, 0) is 19.1 Å². The molecule has 0 atom stereocenters. The number of aryl methyl sites for hydroxylation is 1. The highest BCUT2D eigenvalue weighted by Gasteiger charge is 2.00. The first-order valence-electron chi connectivity index (χ1n) is 3.83. The molecule has 0 spiro atoms. The minimum absolute atomic E-state index is 0.227. The van der Waals surface area contributed by atoms with Gasteiger partial charge in [-0.3, -0.25) is 0 Å². The Morgan fingerprint density at radius 2 is 2.08 bits per heavy atom. The summed E-state index contributed by atoms with van der Waals surface area (Å²) in [7, 11) is 0. The van der Waals surface area contributed by atoms with Crippen molar-refractivity contribution >= 4 is 11.0 Å². The van der Waals surface area contributed by atoms with Crippen molar-refractivity contribution in [2.24, 2.45) is 0 Å². The number of phenolic OH excluding ortho intramolecular Hbond substituents is 1. The summed E-state index contributed by atoms with van der Waals surface area (Å²) in [4.78, 5) is 1.60. The summed E-state index contributed by atoms with van der Waals surface area (Å²) in [5.74, 6) is 0.227. The van der Waals surface area contributed by atoms with Crippen LogP contribution in [0.2, 0.25) is 0 Å². The van der Waals surface area contributed by atoms with E-state index in [1.165, 1.54) is 0 Å². The van der Waals surface area contributed by atoms with Crippen molar-refractivity contribution in [2.45, 2.75) is 13.5 Å². The maximum atomic E-state index is 9.14. The van der Waals surface area contributed by atoms with E-state index in [-0.39, 0.29) is 5.75 Å². The van der Waals surface area contributed by atoms with Gasteiger partial charge >= 0.3 is 0 Å². The Kier molecular flexibility index (Phi) is 1.46. The summed E-state index contributed by atoms with van der Waals surface area (Å²) >= 11 is 0. The number of fused-ring (bicyclic) bond motifs is 1. The first-order valence-corrected chi connectivity index (χ1v) is 3.83. The number of benzene rings is 1. The Hall–Kier alpha value is -1.58. The minimum Gasteiger partial charge on any atom is -0.508 e. The Bertz CT molecular complexity index is 408. The Balaban J connectivity index is 2.67. The van der Waals surface area contributed by atoms with Crippen molar-refractivity contribution in [1.82, 2.24) is 15.0 Å². The van der Waals surface area contributed by atoms with Gasteiger partial charge in [-0.25, -0.2) is 0 Å². The van der Waals surface area contributed by atoms with Crippen LogP contribution < -0.4 is 0 Å². The average Bonchev–Trinajstić information content (AvgIpc) is 2.46. The molecule has 1 aromatic carbocycles. The van der Waals surface area contributed by atoms with Crippen molar-refractivity contribution in [2.75, 3.05) is 0 Å². The van der Waals surface area contributed by atoms with Crippen molar-refractivity contribution in [1.29, 1.82) is 0 Å². The molecule has 0 unspecified atom stereocenters. The lowest BCUT2D eigenvalue weighted by molar-refractivity contribution is 0.476. The van der Waals surface area contributed by atoms with Crippen molar-refractivity contribution in [3.05, 3.63) is 18.2 Å². The zero-order valence-corrected chi connectivity index (χ0v) is 6.73. The third kappa shape index (κ3) is 1.01. The molecule has 62 valence electrons. The topological polar surface area (TPSA) is 50.9 Å². The highest BCUT2D eigenvalue weighted by atomic mass is 16.3. The van der Waals surface area contributed by atoms with Gasteiger partial charge in [0.15, 0.2) is 0 Å². The number of aromatic nitrogens is 3. The van der Waals surface area contributed by atoms with E-state index in [0.717, 1.165) is 17.6 Å². The number of nitrogens with zero attached hydrogens (tertiary/aromatic N) is 3. The lowest BCUT2D eigenvalue weighted by Crippen LogP contribution is -1.97. The second-order valence-corrected chi connectivity index (χ2v) is 2.56. The third-order valence-electron chi connectivity index (χ3n) is 1.69. The minimum atomic E-state index is 0.227. The fourth-order valence-electron chi connectivity index (χ4n) is 1.09. The van der Waals surface area contributed by atoms with Crippen LogP contribution in [0.15, 0.2) is 18.2 Å². The number of hydrogen-bond donors (Lipinski definition) is 1. The van der Waals surface area contributed by atoms with Crippen molar-refractivity contribution in [3.63, 3.8) is 0 Å². The predicted octanol–water partition coefficient (Wildman–Crippen LogP) is 1.16. The molecule has 0 radical (unpaired) electrons. The van der Waals surface area contributed by atoms with E-state index < -0.39 is 0 Å². The van der Waals surface area contributed by atoms with Gasteiger partial charge in [0.1, 0.15) is 16.8 Å². The number of hydrogen-bond acceptors (Lipinski definition) is 3. The van der Waals surface area contributed by atoms with Crippen LogP contribution >= 0.6 is 0 Å². The SMILES string of the molecule is CCn1nc2ccc(O)cc2n1. The van der Waals surface area contributed by atoms with Gasteiger partial charge < -0.3 is 5.11 Å². The van der Waals surface area contributed by atoms with Crippen molar-refractivity contribution in [3.8, 4) is 5.75 Å². The van der Waals surface area contributed by atoms with Crippen LogP contribution in [0.1, 0.15) is 6.92 Å². The Morgan fingerprint density at radius 1 is 1.33 bits per heavy atom. The van der Waals surface area contributed by atoms with E-state index in [1.807, 2.05) is 6.92 Å². The molecule has 0 saturated carbocycles. The molecular formula is C8H9N3O. The summed E-state index contributed by atoms with van der Waals surface area (Å²) in [5, 5.41) is 17.4. The summed E-state index contributed by atoms with van der Waals surface area (Å²) < 4.78 is 0. The second-order valence-electron chi connectivity index (χ2n) is 2.56. The van der Waals surface area contributed by atoms with E-state index in [4.69, 9.17) is 5.11 Å². The van der Waals surface area contributed by atoms with Crippen molar-refractivity contribution < 1.29 is 5.11 Å². The summed E-state index contributed by atoms with van der Waals surface area (Å²) in [5.41, 5.74) is 1.55. The molecule has 1 heterocycles. The molecule has 4 heteroatoms. The molecule has 0 amide bonds. The highest BCUT2D eigenvalue weighted by molar-refractivity contribution is 5.75. The van der Waals surface area contributed by atoms with Crippen LogP contribution in [0.5, 0.6) is 5.75 Å². The first kappa shape index (κ1) is 7.09. The number of phenols is 1.